The van der Waals surface area contributed by atoms with Crippen LogP contribution in [0.2, 0.25) is 0 Å². The first-order valence-corrected chi connectivity index (χ1v) is 20.6. The van der Waals surface area contributed by atoms with E-state index in [0.717, 1.165) is 0 Å². The molecule has 0 bridgehead atoms. The van der Waals surface area contributed by atoms with Crippen molar-refractivity contribution in [3.63, 3.8) is 0 Å². The van der Waals surface area contributed by atoms with E-state index in [-0.39, 0.29) is 21.7 Å². The predicted octanol–water partition coefficient (Wildman–Crippen LogP) is 16.5. The van der Waals surface area contributed by atoms with Gasteiger partial charge in [0.15, 0.2) is 0 Å². The van der Waals surface area contributed by atoms with Crippen LogP contribution in [0.3, 0.4) is 0 Å². The zero-order valence-corrected chi connectivity index (χ0v) is 35.5. The van der Waals surface area contributed by atoms with E-state index in [1.54, 1.807) is 0 Å². The highest BCUT2D eigenvalue weighted by atomic mass is 14.4. The summed E-state index contributed by atoms with van der Waals surface area (Å²) in [5, 5.41) is 10.5. The van der Waals surface area contributed by atoms with Crippen molar-refractivity contribution < 1.29 is 0 Å². The molecule has 1 aliphatic carbocycles. The molecule has 0 fully saturated rings. The highest BCUT2D eigenvalue weighted by Gasteiger charge is 2.33. The molecule has 0 saturated carbocycles. The molecule has 0 aromatic heterocycles. The Labute approximate surface area is 334 Å². The summed E-state index contributed by atoms with van der Waals surface area (Å²) in [4.78, 5) is 0. The molecule has 0 N–H and O–H groups in total. The van der Waals surface area contributed by atoms with E-state index in [0.29, 0.717) is 0 Å². The average molecular weight is 729 g/mol. The van der Waals surface area contributed by atoms with Gasteiger partial charge in [0.25, 0.3) is 0 Å². The molecule has 9 rings (SSSR count). The lowest BCUT2D eigenvalue weighted by atomic mass is 9.75. The monoisotopic (exact) mass is 728 g/mol. The molecule has 0 saturated heterocycles. The Balaban J connectivity index is 1.54. The van der Waals surface area contributed by atoms with Crippen LogP contribution in [-0.4, -0.2) is 0 Å². The van der Waals surface area contributed by atoms with Gasteiger partial charge in [-0.25, -0.2) is 0 Å². The molecule has 0 nitrogen and oxygen atoms in total. The molecule has 0 radical (unpaired) electrons. The van der Waals surface area contributed by atoms with Gasteiger partial charge in [-0.2, -0.15) is 0 Å². The van der Waals surface area contributed by atoms with E-state index < -0.39 is 0 Å². The Hall–Kier alpha value is -5.20. The first-order valence-electron chi connectivity index (χ1n) is 20.6. The molecule has 0 amide bonds. The summed E-state index contributed by atoms with van der Waals surface area (Å²) in [5.41, 5.74) is 16.2. The molecule has 8 aromatic carbocycles. The second kappa shape index (κ2) is 12.1. The van der Waals surface area contributed by atoms with Gasteiger partial charge in [-0.05, 0) is 138 Å². The van der Waals surface area contributed by atoms with Crippen molar-refractivity contribution in [1.82, 2.24) is 0 Å². The van der Waals surface area contributed by atoms with Gasteiger partial charge in [-0.1, -0.05) is 198 Å². The molecule has 56 heavy (non-hydrogen) atoms. The van der Waals surface area contributed by atoms with Crippen molar-refractivity contribution in [2.75, 3.05) is 0 Å². The van der Waals surface area contributed by atoms with Crippen LogP contribution in [-0.2, 0) is 21.7 Å². The molecule has 8 aromatic rings. The summed E-state index contributed by atoms with van der Waals surface area (Å²) in [6.45, 7) is 28.2. The van der Waals surface area contributed by atoms with Crippen LogP contribution in [0.5, 0.6) is 0 Å². The zero-order valence-electron chi connectivity index (χ0n) is 35.5. The lowest BCUT2D eigenvalue weighted by Gasteiger charge is -2.29. The van der Waals surface area contributed by atoms with Gasteiger partial charge < -0.3 is 0 Å². The second-order valence-electron chi connectivity index (χ2n) is 20.7. The number of fused-ring (bicyclic) bond motifs is 8. The van der Waals surface area contributed by atoms with E-state index >= 15 is 0 Å². The fourth-order valence-electron chi connectivity index (χ4n) is 9.23. The van der Waals surface area contributed by atoms with Gasteiger partial charge in [0.2, 0.25) is 0 Å². The van der Waals surface area contributed by atoms with Crippen LogP contribution in [0.15, 0.2) is 121 Å². The second-order valence-corrected chi connectivity index (χ2v) is 20.7. The minimum Gasteiger partial charge on any atom is -0.0616 e. The SMILES string of the molecule is CC(C)(C)c1cc(-c2c3c(c(-c4cc(C(C)(C)C)cc(C(C)(C)C)c4)c4ccccc24)-c2cc4c5ccccc5ccc4c4cccc-3c24)cc(C(C)(C)C)c1. The molecule has 0 spiro atoms. The maximum absolute atomic E-state index is 2.54. The molecular weight excluding hydrogens is 673 g/mol. The first-order chi connectivity index (χ1) is 26.3. The van der Waals surface area contributed by atoms with E-state index in [1.807, 2.05) is 0 Å². The Morgan fingerprint density at radius 1 is 0.286 bits per heavy atom. The summed E-state index contributed by atoms with van der Waals surface area (Å²) >= 11 is 0. The fourth-order valence-corrected chi connectivity index (χ4v) is 9.23. The Morgan fingerprint density at radius 3 is 1.20 bits per heavy atom. The maximum atomic E-state index is 2.54. The molecule has 0 heteroatoms. The fraction of sp³-hybridized carbons (Fsp3) is 0.286. The van der Waals surface area contributed by atoms with Crippen molar-refractivity contribution in [2.45, 2.75) is 105 Å². The largest absolute Gasteiger partial charge is 0.0616 e. The summed E-state index contributed by atoms with van der Waals surface area (Å²) in [5.74, 6) is 0. The van der Waals surface area contributed by atoms with E-state index in [2.05, 4.69) is 204 Å². The third-order valence-electron chi connectivity index (χ3n) is 12.5. The molecule has 1 aliphatic rings. The minimum absolute atomic E-state index is 0.00651. The molecule has 280 valence electrons. The van der Waals surface area contributed by atoms with E-state index in [4.69, 9.17) is 0 Å². The van der Waals surface area contributed by atoms with E-state index in [9.17, 15) is 0 Å². The molecule has 0 atom stereocenters. The number of hydrogen-bond acceptors (Lipinski definition) is 0. The van der Waals surface area contributed by atoms with Crippen molar-refractivity contribution in [2.24, 2.45) is 0 Å². The van der Waals surface area contributed by atoms with Gasteiger partial charge in [-0.3, -0.25) is 0 Å². The topological polar surface area (TPSA) is 0 Å². The van der Waals surface area contributed by atoms with Crippen LogP contribution in [0.1, 0.15) is 105 Å². The Kier molecular flexibility index (Phi) is 7.91. The van der Waals surface area contributed by atoms with Gasteiger partial charge in [0.1, 0.15) is 0 Å². The average Bonchev–Trinajstić information content (AvgIpc) is 3.46. The number of rotatable bonds is 2. The molecule has 0 unspecified atom stereocenters. The minimum atomic E-state index is -0.0101. The Morgan fingerprint density at radius 2 is 0.714 bits per heavy atom. The maximum Gasteiger partial charge on any atom is -0.000719 e. The molecular formula is C56H56. The molecule has 0 heterocycles. The number of benzene rings is 8. The van der Waals surface area contributed by atoms with Crippen LogP contribution in [0.25, 0.3) is 87.6 Å². The third kappa shape index (κ3) is 5.71. The normalized spacial score (nSPS) is 13.4. The van der Waals surface area contributed by atoms with Crippen LogP contribution in [0.4, 0.5) is 0 Å². The Bertz CT molecular complexity index is 2860. The smallest absolute Gasteiger partial charge is 0.000719 e. The lowest BCUT2D eigenvalue weighted by Crippen LogP contribution is -2.17. The highest BCUT2D eigenvalue weighted by molar-refractivity contribution is 6.32. The zero-order chi connectivity index (χ0) is 39.7. The predicted molar refractivity (Wildman–Crippen MR) is 247 cm³/mol. The summed E-state index contributed by atoms with van der Waals surface area (Å²) in [7, 11) is 0. The first kappa shape index (κ1) is 36.4. The van der Waals surface area contributed by atoms with Crippen LogP contribution in [0, 0.1) is 0 Å². The van der Waals surface area contributed by atoms with Gasteiger partial charge in [0, 0.05) is 0 Å². The summed E-state index contributed by atoms with van der Waals surface area (Å²) in [6.07, 6.45) is 0. The third-order valence-corrected chi connectivity index (χ3v) is 12.5. The lowest BCUT2D eigenvalue weighted by molar-refractivity contribution is 0.568. The van der Waals surface area contributed by atoms with Gasteiger partial charge in [0.05, 0.1) is 0 Å². The van der Waals surface area contributed by atoms with Crippen LogP contribution >= 0.6 is 0 Å². The quantitative estimate of drug-likeness (QED) is 0.156. The standard InChI is InChI=1S/C56H56/c1-53(2,3)36-26-34(27-37(30-36)54(4,5)6)48-43-20-15-16-21-44(43)49(35-28-38(55(7,8)9)31-39(29-35)56(10,11)12)52-47-32-46-40-19-14-13-18-33(40)24-25-41(46)42-22-17-23-45(50(42)47)51(48)52/h13-32H,1-12H3. The van der Waals surface area contributed by atoms with Crippen LogP contribution < -0.4 is 0 Å². The van der Waals surface area contributed by atoms with Gasteiger partial charge in [-0.15, -0.1) is 0 Å². The van der Waals surface area contributed by atoms with Crippen molar-refractivity contribution in [3.8, 4) is 44.5 Å². The van der Waals surface area contributed by atoms with E-state index in [1.165, 1.54) is 110 Å². The van der Waals surface area contributed by atoms with Crippen molar-refractivity contribution >= 4 is 43.1 Å². The molecule has 0 aliphatic heterocycles. The van der Waals surface area contributed by atoms with Gasteiger partial charge >= 0.3 is 0 Å². The van der Waals surface area contributed by atoms with Crippen molar-refractivity contribution in [3.05, 3.63) is 144 Å². The summed E-state index contributed by atoms with van der Waals surface area (Å²) < 4.78 is 0. The number of hydrogen-bond donors (Lipinski definition) is 0. The highest BCUT2D eigenvalue weighted by Crippen LogP contribution is 2.59. The van der Waals surface area contributed by atoms with Crippen molar-refractivity contribution in [1.29, 1.82) is 0 Å². The summed E-state index contributed by atoms with van der Waals surface area (Å²) in [6, 6.07) is 47.4.